The molecule has 8 nitrogen and oxygen atoms in total. The largest absolute Gasteiger partial charge is 0.480 e. The Balaban J connectivity index is 2.16. The van der Waals surface area contributed by atoms with Crippen LogP contribution in [0.3, 0.4) is 0 Å². The Bertz CT molecular complexity index is 755. The van der Waals surface area contributed by atoms with Crippen molar-refractivity contribution in [2.24, 2.45) is 5.73 Å². The first-order chi connectivity index (χ1) is 11.4. The van der Waals surface area contributed by atoms with Crippen LogP contribution in [0.4, 0.5) is 0 Å². The number of hydrogen-bond donors (Lipinski definition) is 3. The summed E-state index contributed by atoms with van der Waals surface area (Å²) < 4.78 is 1.59. The number of nitrogens with zero attached hydrogens (tertiary/aromatic N) is 2. The molecule has 0 spiro atoms. The Morgan fingerprint density at radius 3 is 2.54 bits per heavy atom. The summed E-state index contributed by atoms with van der Waals surface area (Å²) in [6.45, 7) is 1.72. The zero-order valence-corrected chi connectivity index (χ0v) is 13.1. The summed E-state index contributed by atoms with van der Waals surface area (Å²) >= 11 is 0. The van der Waals surface area contributed by atoms with Crippen molar-refractivity contribution < 1.29 is 19.5 Å². The standard InChI is InChI=1S/C16H18N4O4/c1-10-12(9-18-20(10)11-5-3-2-4-6-11)15(22)19-13(16(23)24)7-8-14(17)21/h2-6,9,13H,7-8H2,1H3,(H2,17,21)(H,19,22)(H,23,24). The number of para-hydroxylation sites is 1. The molecule has 0 saturated heterocycles. The second kappa shape index (κ2) is 7.40. The Hall–Kier alpha value is -3.16. The number of nitrogens with one attached hydrogen (secondary N) is 1. The molecule has 1 aromatic carbocycles. The molecule has 2 aromatic rings. The molecule has 4 N–H and O–H groups in total. The summed E-state index contributed by atoms with van der Waals surface area (Å²) in [6, 6.07) is 8.06. The van der Waals surface area contributed by atoms with Crippen molar-refractivity contribution in [3.05, 3.63) is 47.8 Å². The third kappa shape index (κ3) is 3.97. The zero-order valence-electron chi connectivity index (χ0n) is 13.1. The molecule has 1 heterocycles. The molecule has 1 aromatic heterocycles. The average Bonchev–Trinajstić information content (AvgIpc) is 2.93. The third-order valence-corrected chi connectivity index (χ3v) is 3.54. The molecule has 1 atom stereocenters. The van der Waals surface area contributed by atoms with Gasteiger partial charge in [-0.15, -0.1) is 0 Å². The van der Waals surface area contributed by atoms with Gasteiger partial charge in [0.05, 0.1) is 23.1 Å². The lowest BCUT2D eigenvalue weighted by Gasteiger charge is -2.13. The number of aliphatic carboxylic acids is 1. The van der Waals surface area contributed by atoms with Crippen molar-refractivity contribution in [1.29, 1.82) is 0 Å². The molecule has 0 bridgehead atoms. The topological polar surface area (TPSA) is 127 Å². The van der Waals surface area contributed by atoms with E-state index in [9.17, 15) is 14.4 Å². The molecule has 0 radical (unpaired) electrons. The minimum atomic E-state index is -1.22. The fourth-order valence-corrected chi connectivity index (χ4v) is 2.24. The zero-order chi connectivity index (χ0) is 17.7. The van der Waals surface area contributed by atoms with Gasteiger partial charge in [0.1, 0.15) is 6.04 Å². The van der Waals surface area contributed by atoms with Crippen LogP contribution in [0.5, 0.6) is 0 Å². The number of rotatable bonds is 7. The molecule has 126 valence electrons. The predicted molar refractivity (Wildman–Crippen MR) is 85.6 cm³/mol. The number of aromatic nitrogens is 2. The van der Waals surface area contributed by atoms with E-state index in [1.807, 2.05) is 30.3 Å². The summed E-state index contributed by atoms with van der Waals surface area (Å²) in [5.41, 5.74) is 6.66. The van der Waals surface area contributed by atoms with Crippen LogP contribution in [0.15, 0.2) is 36.5 Å². The van der Waals surface area contributed by atoms with Crippen molar-refractivity contribution in [1.82, 2.24) is 15.1 Å². The van der Waals surface area contributed by atoms with Crippen molar-refractivity contribution in [3.63, 3.8) is 0 Å². The van der Waals surface area contributed by atoms with Crippen LogP contribution in [0, 0.1) is 6.92 Å². The highest BCUT2D eigenvalue weighted by Gasteiger charge is 2.23. The Labute approximate surface area is 138 Å². The first kappa shape index (κ1) is 17.2. The molecule has 0 fully saturated rings. The maximum absolute atomic E-state index is 12.3. The molecule has 1 unspecified atom stereocenters. The van der Waals surface area contributed by atoms with Crippen LogP contribution < -0.4 is 11.1 Å². The summed E-state index contributed by atoms with van der Waals surface area (Å²) in [5.74, 6) is -2.41. The van der Waals surface area contributed by atoms with E-state index in [4.69, 9.17) is 10.8 Å². The molecule has 2 amide bonds. The quantitative estimate of drug-likeness (QED) is 0.686. The smallest absolute Gasteiger partial charge is 0.326 e. The number of amides is 2. The fourth-order valence-electron chi connectivity index (χ4n) is 2.24. The number of carbonyl (C=O) groups is 3. The normalized spacial score (nSPS) is 11.7. The maximum Gasteiger partial charge on any atom is 0.326 e. The SMILES string of the molecule is Cc1c(C(=O)NC(CCC(N)=O)C(=O)O)cnn1-c1ccccc1. The van der Waals surface area contributed by atoms with Gasteiger partial charge in [-0.3, -0.25) is 9.59 Å². The van der Waals surface area contributed by atoms with Gasteiger partial charge in [-0.25, -0.2) is 9.48 Å². The van der Waals surface area contributed by atoms with E-state index in [1.165, 1.54) is 6.20 Å². The molecular weight excluding hydrogens is 312 g/mol. The van der Waals surface area contributed by atoms with Crippen LogP contribution >= 0.6 is 0 Å². The van der Waals surface area contributed by atoms with E-state index < -0.39 is 23.8 Å². The van der Waals surface area contributed by atoms with E-state index in [-0.39, 0.29) is 18.4 Å². The number of benzene rings is 1. The van der Waals surface area contributed by atoms with Gasteiger partial charge in [0, 0.05) is 6.42 Å². The highest BCUT2D eigenvalue weighted by molar-refractivity contribution is 5.97. The maximum atomic E-state index is 12.3. The van der Waals surface area contributed by atoms with E-state index in [0.29, 0.717) is 5.69 Å². The van der Waals surface area contributed by atoms with Crippen LogP contribution in [-0.4, -0.2) is 38.7 Å². The van der Waals surface area contributed by atoms with Gasteiger partial charge < -0.3 is 16.2 Å². The lowest BCUT2D eigenvalue weighted by atomic mass is 10.1. The number of carboxylic acid groups (broad SMARTS) is 1. The minimum absolute atomic E-state index is 0.0672. The van der Waals surface area contributed by atoms with Gasteiger partial charge in [-0.2, -0.15) is 5.10 Å². The molecule has 2 rings (SSSR count). The van der Waals surface area contributed by atoms with Gasteiger partial charge in [0.2, 0.25) is 5.91 Å². The van der Waals surface area contributed by atoms with E-state index in [2.05, 4.69) is 10.4 Å². The van der Waals surface area contributed by atoms with Crippen molar-refractivity contribution in [3.8, 4) is 5.69 Å². The van der Waals surface area contributed by atoms with E-state index in [0.717, 1.165) is 5.69 Å². The second-order valence-corrected chi connectivity index (χ2v) is 5.26. The minimum Gasteiger partial charge on any atom is -0.480 e. The van der Waals surface area contributed by atoms with Crippen LogP contribution in [-0.2, 0) is 9.59 Å². The van der Waals surface area contributed by atoms with E-state index >= 15 is 0 Å². The number of hydrogen-bond acceptors (Lipinski definition) is 4. The number of carboxylic acids is 1. The van der Waals surface area contributed by atoms with Crippen molar-refractivity contribution in [2.75, 3.05) is 0 Å². The van der Waals surface area contributed by atoms with Gasteiger partial charge in [-0.05, 0) is 25.5 Å². The molecule has 0 aliphatic carbocycles. The van der Waals surface area contributed by atoms with Gasteiger partial charge in [0.15, 0.2) is 0 Å². The van der Waals surface area contributed by atoms with Crippen LogP contribution in [0.2, 0.25) is 0 Å². The second-order valence-electron chi connectivity index (χ2n) is 5.26. The van der Waals surface area contributed by atoms with Gasteiger partial charge in [0.25, 0.3) is 5.91 Å². The average molecular weight is 330 g/mol. The summed E-state index contributed by atoms with van der Waals surface area (Å²) in [5, 5.41) is 15.7. The molecule has 8 heteroatoms. The summed E-state index contributed by atoms with van der Waals surface area (Å²) in [6.07, 6.45) is 1.19. The molecular formula is C16H18N4O4. The van der Waals surface area contributed by atoms with Crippen molar-refractivity contribution >= 4 is 17.8 Å². The van der Waals surface area contributed by atoms with Crippen LogP contribution in [0.1, 0.15) is 28.9 Å². The Morgan fingerprint density at radius 1 is 1.29 bits per heavy atom. The number of primary amides is 1. The molecule has 24 heavy (non-hydrogen) atoms. The van der Waals surface area contributed by atoms with Gasteiger partial charge in [-0.1, -0.05) is 18.2 Å². The first-order valence-corrected chi connectivity index (χ1v) is 7.32. The van der Waals surface area contributed by atoms with Gasteiger partial charge >= 0.3 is 5.97 Å². The highest BCUT2D eigenvalue weighted by atomic mass is 16.4. The van der Waals surface area contributed by atoms with Crippen molar-refractivity contribution in [2.45, 2.75) is 25.8 Å². The summed E-state index contributed by atoms with van der Waals surface area (Å²) in [4.78, 5) is 34.3. The van der Waals surface area contributed by atoms with Crippen LogP contribution in [0.25, 0.3) is 5.69 Å². The Morgan fingerprint density at radius 2 is 1.96 bits per heavy atom. The highest BCUT2D eigenvalue weighted by Crippen LogP contribution is 2.14. The predicted octanol–water partition coefficient (Wildman–Crippen LogP) is 0.629. The number of carbonyl (C=O) groups excluding carboxylic acids is 2. The fraction of sp³-hybridized carbons (Fsp3) is 0.250. The Kier molecular flexibility index (Phi) is 5.31. The van der Waals surface area contributed by atoms with E-state index in [1.54, 1.807) is 11.6 Å². The molecule has 0 saturated carbocycles. The lowest BCUT2D eigenvalue weighted by molar-refractivity contribution is -0.139. The third-order valence-electron chi connectivity index (χ3n) is 3.54. The number of nitrogens with two attached hydrogens (primary N) is 1. The molecule has 0 aliphatic rings. The molecule has 0 aliphatic heterocycles. The summed E-state index contributed by atoms with van der Waals surface area (Å²) in [7, 11) is 0. The monoisotopic (exact) mass is 330 g/mol. The first-order valence-electron chi connectivity index (χ1n) is 7.32. The lowest BCUT2D eigenvalue weighted by Crippen LogP contribution is -2.41.